The van der Waals surface area contributed by atoms with Crippen LogP contribution in [0.25, 0.3) is 0 Å². The lowest BCUT2D eigenvalue weighted by molar-refractivity contribution is -0.252. The predicted molar refractivity (Wildman–Crippen MR) is 38.8 cm³/mol. The van der Waals surface area contributed by atoms with Crippen LogP contribution in [-0.2, 0) is 19.4 Å². The van der Waals surface area contributed by atoms with Crippen LogP contribution < -0.4 is 11.5 Å². The van der Waals surface area contributed by atoms with Crippen LogP contribution in [0.1, 0.15) is 0 Å². The van der Waals surface area contributed by atoms with E-state index in [0.717, 1.165) is 0 Å². The normalized spacial score (nSPS) is 8.33. The Balaban J connectivity index is 3.85. The van der Waals surface area contributed by atoms with Gasteiger partial charge in [-0.1, -0.05) is 13.2 Å². The Labute approximate surface area is 68.3 Å². The SMILES string of the molecule is C=C(N)C(=O)OOC(=O)C(=C)N. The lowest BCUT2D eigenvalue weighted by atomic mass is 10.5. The number of hydrogen-bond acceptors (Lipinski definition) is 6. The Morgan fingerprint density at radius 1 is 0.917 bits per heavy atom. The van der Waals surface area contributed by atoms with E-state index in [2.05, 4.69) is 22.9 Å². The highest BCUT2D eigenvalue weighted by molar-refractivity contribution is 5.89. The Hall–Kier alpha value is -1.98. The third-order valence-corrected chi connectivity index (χ3v) is 0.717. The van der Waals surface area contributed by atoms with Gasteiger partial charge in [-0.05, 0) is 0 Å². The molecule has 0 radical (unpaired) electrons. The van der Waals surface area contributed by atoms with E-state index < -0.39 is 11.9 Å². The van der Waals surface area contributed by atoms with Gasteiger partial charge in [-0.3, -0.25) is 0 Å². The Bertz CT molecular complexity index is 220. The van der Waals surface area contributed by atoms with E-state index in [-0.39, 0.29) is 11.4 Å². The van der Waals surface area contributed by atoms with Crippen molar-refractivity contribution in [3.63, 3.8) is 0 Å². The quantitative estimate of drug-likeness (QED) is 0.312. The summed E-state index contributed by atoms with van der Waals surface area (Å²) in [4.78, 5) is 28.7. The molecule has 0 atom stereocenters. The minimum atomic E-state index is -1.05. The van der Waals surface area contributed by atoms with Gasteiger partial charge in [0.2, 0.25) is 0 Å². The van der Waals surface area contributed by atoms with Crippen molar-refractivity contribution in [1.82, 2.24) is 0 Å². The van der Waals surface area contributed by atoms with Crippen molar-refractivity contribution in [2.24, 2.45) is 11.5 Å². The number of carbonyl (C=O) groups excluding carboxylic acids is 2. The van der Waals surface area contributed by atoms with Gasteiger partial charge < -0.3 is 11.5 Å². The molecule has 0 amide bonds. The number of rotatable bonds is 2. The number of carbonyl (C=O) groups is 2. The van der Waals surface area contributed by atoms with E-state index in [1.807, 2.05) is 0 Å². The fourth-order valence-corrected chi connectivity index (χ4v) is 0.183. The molecule has 6 heteroatoms. The van der Waals surface area contributed by atoms with Crippen molar-refractivity contribution in [1.29, 1.82) is 0 Å². The summed E-state index contributed by atoms with van der Waals surface area (Å²) >= 11 is 0. The second-order valence-electron chi connectivity index (χ2n) is 1.79. The predicted octanol–water partition coefficient (Wildman–Crippen LogP) is -1.07. The lowest BCUT2D eigenvalue weighted by Crippen LogP contribution is -2.19. The summed E-state index contributed by atoms with van der Waals surface area (Å²) in [6, 6.07) is 0. The zero-order valence-electron chi connectivity index (χ0n) is 6.20. The molecule has 0 aliphatic carbocycles. The molecule has 0 aliphatic heterocycles. The summed E-state index contributed by atoms with van der Waals surface area (Å²) in [5.74, 6) is -2.10. The molecule has 66 valence electrons. The minimum absolute atomic E-state index is 0.384. The highest BCUT2D eigenvalue weighted by Gasteiger charge is 2.11. The zero-order chi connectivity index (χ0) is 9.72. The number of hydrogen-bond donors (Lipinski definition) is 2. The molecule has 0 unspecified atom stereocenters. The molecule has 0 aromatic rings. The van der Waals surface area contributed by atoms with Gasteiger partial charge in [-0.25, -0.2) is 19.4 Å². The molecule has 0 bridgehead atoms. The van der Waals surface area contributed by atoms with Gasteiger partial charge in [-0.2, -0.15) is 0 Å². The molecule has 0 saturated carbocycles. The molecule has 0 rings (SSSR count). The van der Waals surface area contributed by atoms with Crippen molar-refractivity contribution in [3.05, 3.63) is 24.6 Å². The van der Waals surface area contributed by atoms with Crippen molar-refractivity contribution in [3.8, 4) is 0 Å². The second kappa shape index (κ2) is 4.02. The maximum absolute atomic E-state index is 10.5. The van der Waals surface area contributed by atoms with Crippen LogP contribution in [0.15, 0.2) is 24.6 Å². The molecule has 0 heterocycles. The third-order valence-electron chi connectivity index (χ3n) is 0.717. The van der Waals surface area contributed by atoms with Crippen LogP contribution in [0.4, 0.5) is 0 Å². The summed E-state index contributed by atoms with van der Waals surface area (Å²) in [7, 11) is 0. The highest BCUT2D eigenvalue weighted by atomic mass is 17.2. The van der Waals surface area contributed by atoms with Crippen molar-refractivity contribution >= 4 is 11.9 Å². The van der Waals surface area contributed by atoms with Crippen molar-refractivity contribution in [2.75, 3.05) is 0 Å². The molecule has 6 nitrogen and oxygen atoms in total. The molecule has 0 aromatic heterocycles. The smallest absolute Gasteiger partial charge is 0.393 e. The second-order valence-corrected chi connectivity index (χ2v) is 1.79. The number of nitrogens with two attached hydrogens (primary N) is 2. The molecule has 0 spiro atoms. The first-order valence-corrected chi connectivity index (χ1v) is 2.77. The van der Waals surface area contributed by atoms with E-state index in [9.17, 15) is 9.59 Å². The van der Waals surface area contributed by atoms with Crippen LogP contribution in [0, 0.1) is 0 Å². The maximum atomic E-state index is 10.5. The van der Waals surface area contributed by atoms with E-state index in [4.69, 9.17) is 11.5 Å². The maximum Gasteiger partial charge on any atom is 0.401 e. The standard InChI is InChI=1S/C6H8N2O4/c1-3(7)5(9)11-12-6(10)4(2)8/h1-2,7-8H2. The van der Waals surface area contributed by atoms with E-state index in [1.54, 1.807) is 0 Å². The summed E-state index contributed by atoms with van der Waals surface area (Å²) in [5.41, 5.74) is 9.00. The summed E-state index contributed by atoms with van der Waals surface area (Å²) in [6.07, 6.45) is 0. The van der Waals surface area contributed by atoms with Gasteiger partial charge in [0.1, 0.15) is 11.4 Å². The summed E-state index contributed by atoms with van der Waals surface area (Å²) in [6.45, 7) is 6.07. The largest absolute Gasteiger partial charge is 0.401 e. The monoisotopic (exact) mass is 172 g/mol. The molecular weight excluding hydrogens is 164 g/mol. The fourth-order valence-electron chi connectivity index (χ4n) is 0.183. The minimum Gasteiger partial charge on any atom is -0.393 e. The molecule has 0 aliphatic rings. The Morgan fingerprint density at radius 3 is 1.33 bits per heavy atom. The van der Waals surface area contributed by atoms with E-state index in [1.165, 1.54) is 0 Å². The van der Waals surface area contributed by atoms with Crippen LogP contribution >= 0.6 is 0 Å². The first-order valence-electron chi connectivity index (χ1n) is 2.77. The third kappa shape index (κ3) is 3.25. The van der Waals surface area contributed by atoms with Gasteiger partial charge in [0.05, 0.1) is 0 Å². The molecule has 0 fully saturated rings. The van der Waals surface area contributed by atoms with Crippen LogP contribution in [0.5, 0.6) is 0 Å². The summed E-state index contributed by atoms with van der Waals surface area (Å²) < 4.78 is 0. The summed E-state index contributed by atoms with van der Waals surface area (Å²) in [5, 5.41) is 0. The van der Waals surface area contributed by atoms with E-state index in [0.29, 0.717) is 0 Å². The molecule has 12 heavy (non-hydrogen) atoms. The van der Waals surface area contributed by atoms with Gasteiger partial charge in [-0.15, -0.1) is 0 Å². The van der Waals surface area contributed by atoms with E-state index >= 15 is 0 Å². The van der Waals surface area contributed by atoms with Crippen LogP contribution in [0.2, 0.25) is 0 Å². The highest BCUT2D eigenvalue weighted by Crippen LogP contribution is 1.90. The average molecular weight is 172 g/mol. The van der Waals surface area contributed by atoms with Crippen molar-refractivity contribution < 1.29 is 19.4 Å². The Morgan fingerprint density at radius 2 is 1.17 bits per heavy atom. The first-order chi connectivity index (χ1) is 5.45. The Kier molecular flexibility index (Phi) is 3.35. The molecule has 0 saturated heterocycles. The topological polar surface area (TPSA) is 105 Å². The first kappa shape index (κ1) is 10.0. The van der Waals surface area contributed by atoms with Crippen LogP contribution in [0.3, 0.4) is 0 Å². The van der Waals surface area contributed by atoms with Crippen molar-refractivity contribution in [2.45, 2.75) is 0 Å². The lowest BCUT2D eigenvalue weighted by Gasteiger charge is -2.00. The molecular formula is C6H8N2O4. The van der Waals surface area contributed by atoms with Gasteiger partial charge in [0.25, 0.3) is 0 Å². The molecule has 0 aromatic carbocycles. The zero-order valence-corrected chi connectivity index (χ0v) is 6.20. The van der Waals surface area contributed by atoms with Crippen LogP contribution in [-0.4, -0.2) is 11.9 Å². The van der Waals surface area contributed by atoms with Gasteiger partial charge in [0, 0.05) is 0 Å². The van der Waals surface area contributed by atoms with Gasteiger partial charge >= 0.3 is 11.9 Å². The average Bonchev–Trinajstić information content (AvgIpc) is 1.98. The van der Waals surface area contributed by atoms with Gasteiger partial charge in [0.15, 0.2) is 0 Å². The molecule has 4 N–H and O–H groups in total. The fraction of sp³-hybridized carbons (Fsp3) is 0.